The summed E-state index contributed by atoms with van der Waals surface area (Å²) in [4.78, 5) is 24.8. The van der Waals surface area contributed by atoms with Crippen LogP contribution in [0.4, 0.5) is 5.69 Å². The highest BCUT2D eigenvalue weighted by Crippen LogP contribution is 2.39. The van der Waals surface area contributed by atoms with Crippen molar-refractivity contribution in [2.75, 3.05) is 19.5 Å². The maximum absolute atomic E-state index is 12.6. The van der Waals surface area contributed by atoms with Gasteiger partial charge in [0.2, 0.25) is 5.79 Å². The molecule has 0 saturated heterocycles. The topological polar surface area (TPSA) is 77.8 Å². The fourth-order valence-electron chi connectivity index (χ4n) is 3.41. The lowest BCUT2D eigenvalue weighted by atomic mass is 10.0. The molecule has 0 fully saturated rings. The van der Waals surface area contributed by atoms with Gasteiger partial charge in [-0.25, -0.2) is 0 Å². The van der Waals surface area contributed by atoms with Crippen LogP contribution < -0.4 is 10.7 Å². The van der Waals surface area contributed by atoms with Crippen LogP contribution in [-0.2, 0) is 15.3 Å². The van der Waals surface area contributed by atoms with Crippen LogP contribution >= 0.6 is 8.19 Å². The van der Waals surface area contributed by atoms with E-state index in [0.29, 0.717) is 24.8 Å². The molecule has 0 radical (unpaired) electrons. The van der Waals surface area contributed by atoms with Gasteiger partial charge in [-0.3, -0.25) is 9.59 Å². The van der Waals surface area contributed by atoms with E-state index < -0.39 is 11.7 Å². The van der Waals surface area contributed by atoms with Gasteiger partial charge in [-0.2, -0.15) is 0 Å². The average Bonchev–Trinajstić information content (AvgIpc) is 3.31. The second-order valence-corrected chi connectivity index (χ2v) is 7.77. The van der Waals surface area contributed by atoms with Crippen molar-refractivity contribution in [2.45, 2.75) is 5.79 Å². The van der Waals surface area contributed by atoms with Crippen LogP contribution in [-0.4, -0.2) is 20.1 Å². The van der Waals surface area contributed by atoms with Gasteiger partial charge >= 0.3 is 0 Å². The Morgan fingerprint density at radius 3 is 2.40 bits per heavy atom. The third kappa shape index (κ3) is 3.57. The van der Waals surface area contributed by atoms with Crippen molar-refractivity contribution in [3.8, 4) is 0 Å². The first-order valence-electron chi connectivity index (χ1n) is 9.26. The number of para-hydroxylation sites is 1. The van der Waals surface area contributed by atoms with Crippen LogP contribution in [0.2, 0.25) is 0 Å². The zero-order valence-electron chi connectivity index (χ0n) is 16.5. The van der Waals surface area contributed by atoms with Gasteiger partial charge in [0.1, 0.15) is 5.58 Å². The molecule has 2 aromatic heterocycles. The summed E-state index contributed by atoms with van der Waals surface area (Å²) in [7, 11) is 3.68. The molecule has 6 nitrogen and oxygen atoms in total. The lowest BCUT2D eigenvalue weighted by Gasteiger charge is -2.31. The van der Waals surface area contributed by atoms with Crippen molar-refractivity contribution in [3.05, 3.63) is 99.4 Å². The first kappa shape index (κ1) is 20.1. The number of anilines is 1. The number of hydrogen-bond donors (Lipinski definition) is 1. The molecule has 30 heavy (non-hydrogen) atoms. The van der Waals surface area contributed by atoms with Crippen molar-refractivity contribution in [1.82, 2.24) is 0 Å². The quantitative estimate of drug-likeness (QED) is 0.462. The average molecular weight is 421 g/mol. The molecular weight excluding hydrogens is 401 g/mol. The summed E-state index contributed by atoms with van der Waals surface area (Å²) < 4.78 is 17.1. The van der Waals surface area contributed by atoms with Crippen molar-refractivity contribution in [1.29, 1.82) is 0 Å². The first-order chi connectivity index (χ1) is 14.6. The molecule has 2 heterocycles. The number of fused-ring (bicyclic) bond motifs is 1. The van der Waals surface area contributed by atoms with Crippen LogP contribution in [0.3, 0.4) is 0 Å². The van der Waals surface area contributed by atoms with Gasteiger partial charge in [-0.15, -0.1) is 8.19 Å². The summed E-state index contributed by atoms with van der Waals surface area (Å²) in [5.74, 6) is 0.540. The van der Waals surface area contributed by atoms with E-state index in [0.717, 1.165) is 10.9 Å². The van der Waals surface area contributed by atoms with E-state index in [-0.39, 0.29) is 11.2 Å². The smallest absolute Gasteiger partial charge is 0.291 e. The van der Waals surface area contributed by atoms with Gasteiger partial charge in [0.25, 0.3) is 5.91 Å². The molecule has 1 atom stereocenters. The zero-order valence-corrected chi connectivity index (χ0v) is 17.5. The Balaban J connectivity index is 1.59. The first-order valence-corrected chi connectivity index (χ1v) is 10.3. The molecule has 4 aromatic rings. The van der Waals surface area contributed by atoms with E-state index >= 15 is 0 Å². The molecule has 1 unspecified atom stereocenters. The van der Waals surface area contributed by atoms with Gasteiger partial charge in [0, 0.05) is 36.8 Å². The monoisotopic (exact) mass is 421 g/mol. The molecule has 1 N–H and O–H groups in total. The molecule has 2 aromatic carbocycles. The number of nitrogens with one attached hydrogen (secondary N) is 1. The molecule has 0 saturated carbocycles. The Hall–Kier alpha value is -3.18. The van der Waals surface area contributed by atoms with Gasteiger partial charge < -0.3 is 19.2 Å². The van der Waals surface area contributed by atoms with Crippen molar-refractivity contribution in [2.24, 2.45) is 0 Å². The number of amides is 1. The highest BCUT2D eigenvalue weighted by atomic mass is 31.0. The molecule has 4 rings (SSSR count). The predicted octanol–water partition coefficient (Wildman–Crippen LogP) is 4.57. The maximum Gasteiger partial charge on any atom is 0.291 e. The van der Waals surface area contributed by atoms with Crippen LogP contribution in [0.15, 0.2) is 81.7 Å². The third-order valence-electron chi connectivity index (χ3n) is 4.91. The van der Waals surface area contributed by atoms with Crippen LogP contribution in [0, 0.1) is 0 Å². The Kier molecular flexibility index (Phi) is 5.55. The minimum atomic E-state index is -0.977. The fraction of sp³-hybridized carbons (Fsp3) is 0.130. The summed E-state index contributed by atoms with van der Waals surface area (Å²) >= 11 is 0. The normalized spacial score (nSPS) is 11.8. The SMILES string of the molecule is COC(OC)(c1ccc(NC(=O)c2cc(=O)c3ccccc3o2)cc1)c1ccc[pH]1. The van der Waals surface area contributed by atoms with E-state index in [1.165, 1.54) is 6.07 Å². The summed E-state index contributed by atoms with van der Waals surface area (Å²) in [5.41, 5.74) is 1.48. The molecule has 0 aliphatic carbocycles. The number of ether oxygens (including phenoxy) is 2. The standard InChI is InChI=1S/C23H20NO5P/c1-27-23(28-2,21-8-5-13-30-21)15-9-11-16(12-10-15)24-22(26)20-14-18(25)17-6-3-4-7-19(17)29-20/h3-14,30H,1-2H3,(H,24,26). The second kappa shape index (κ2) is 8.28. The molecule has 7 heteroatoms. The summed E-state index contributed by atoms with van der Waals surface area (Å²) in [6, 6.07) is 19.2. The maximum atomic E-state index is 12.6. The minimum Gasteiger partial charge on any atom is -0.451 e. The van der Waals surface area contributed by atoms with Gasteiger partial charge in [0.05, 0.1) is 5.39 Å². The van der Waals surface area contributed by atoms with Gasteiger partial charge in [-0.1, -0.05) is 30.3 Å². The Bertz CT molecular complexity index is 1220. The molecular formula is C23H20NO5P. The van der Waals surface area contributed by atoms with E-state index in [1.807, 2.05) is 24.3 Å². The van der Waals surface area contributed by atoms with Gasteiger partial charge in [-0.05, 0) is 36.1 Å². The van der Waals surface area contributed by atoms with E-state index in [2.05, 4.69) is 11.1 Å². The highest BCUT2D eigenvalue weighted by Gasteiger charge is 2.34. The van der Waals surface area contributed by atoms with Crippen LogP contribution in [0.1, 0.15) is 21.4 Å². The molecule has 0 aliphatic rings. The molecule has 0 spiro atoms. The Morgan fingerprint density at radius 1 is 1.00 bits per heavy atom. The lowest BCUT2D eigenvalue weighted by molar-refractivity contribution is -0.181. The zero-order chi connectivity index (χ0) is 21.1. The third-order valence-corrected chi connectivity index (χ3v) is 6.07. The molecule has 0 bridgehead atoms. The summed E-state index contributed by atoms with van der Waals surface area (Å²) in [5, 5.41) is 4.21. The molecule has 1 amide bonds. The van der Waals surface area contributed by atoms with Gasteiger partial charge in [0.15, 0.2) is 11.2 Å². The van der Waals surface area contributed by atoms with E-state index in [9.17, 15) is 9.59 Å². The van der Waals surface area contributed by atoms with E-state index in [1.54, 1.807) is 50.6 Å². The predicted molar refractivity (Wildman–Crippen MR) is 118 cm³/mol. The van der Waals surface area contributed by atoms with Crippen molar-refractivity contribution < 1.29 is 18.7 Å². The summed E-state index contributed by atoms with van der Waals surface area (Å²) in [6.07, 6.45) is 0. The van der Waals surface area contributed by atoms with E-state index in [4.69, 9.17) is 13.9 Å². The number of carbonyl (C=O) groups excluding carboxylic acids is 1. The largest absolute Gasteiger partial charge is 0.451 e. The Morgan fingerprint density at radius 2 is 1.73 bits per heavy atom. The van der Waals surface area contributed by atoms with Crippen LogP contribution in [0.25, 0.3) is 11.0 Å². The number of methoxy groups -OCH3 is 2. The number of hydrogen-bond acceptors (Lipinski definition) is 5. The highest BCUT2D eigenvalue weighted by molar-refractivity contribution is 7.30. The Labute approximate surface area is 174 Å². The second-order valence-electron chi connectivity index (χ2n) is 6.61. The van der Waals surface area contributed by atoms with Crippen molar-refractivity contribution >= 4 is 30.8 Å². The number of benzene rings is 2. The summed E-state index contributed by atoms with van der Waals surface area (Å²) in [6.45, 7) is 0. The minimum absolute atomic E-state index is 0.0470. The van der Waals surface area contributed by atoms with Crippen molar-refractivity contribution in [3.63, 3.8) is 0 Å². The molecule has 152 valence electrons. The molecule has 0 aliphatic heterocycles. The van der Waals surface area contributed by atoms with Crippen LogP contribution in [0.5, 0.6) is 0 Å². The lowest BCUT2D eigenvalue weighted by Crippen LogP contribution is -2.31. The fourth-order valence-corrected chi connectivity index (χ4v) is 4.51. The number of rotatable bonds is 6. The number of carbonyl (C=O) groups is 1.